The fourth-order valence-electron chi connectivity index (χ4n) is 1.26. The predicted molar refractivity (Wildman–Crippen MR) is 50.7 cm³/mol. The monoisotopic (exact) mass is 173 g/mol. The van der Waals surface area contributed by atoms with Gasteiger partial charge < -0.3 is 0 Å². The summed E-state index contributed by atoms with van der Waals surface area (Å²) in [6, 6.07) is 8.29. The van der Waals surface area contributed by atoms with Crippen molar-refractivity contribution in [1.29, 1.82) is 0 Å². The highest BCUT2D eigenvalue weighted by molar-refractivity contribution is 5.34. The van der Waals surface area contributed by atoms with E-state index < -0.39 is 0 Å². The Balaban J connectivity index is 2.41. The van der Waals surface area contributed by atoms with Crippen molar-refractivity contribution in [2.24, 2.45) is 0 Å². The summed E-state index contributed by atoms with van der Waals surface area (Å²) in [5.74, 6) is 0. The molecule has 1 aromatic heterocycles. The Hall–Kier alpha value is -1.64. The summed E-state index contributed by atoms with van der Waals surface area (Å²) in [5, 5.41) is 7.70. The maximum absolute atomic E-state index is 3.93. The number of hydrogen-bond donors (Lipinski definition) is 0. The van der Waals surface area contributed by atoms with Crippen LogP contribution in [0.15, 0.2) is 36.7 Å². The third-order valence-corrected chi connectivity index (χ3v) is 2.01. The van der Waals surface area contributed by atoms with E-state index in [2.05, 4.69) is 29.4 Å². The normalized spacial score (nSPS) is 10.2. The second-order valence-electron chi connectivity index (χ2n) is 2.87. The van der Waals surface area contributed by atoms with E-state index in [0.29, 0.717) is 0 Å². The number of hydrogen-bond acceptors (Lipinski definition) is 2. The first-order valence-electron chi connectivity index (χ1n) is 4.36. The van der Waals surface area contributed by atoms with Crippen molar-refractivity contribution in [1.82, 2.24) is 15.0 Å². The summed E-state index contributed by atoms with van der Waals surface area (Å²) < 4.78 is 1.76. The first-order valence-corrected chi connectivity index (χ1v) is 4.36. The Labute approximate surface area is 77.0 Å². The van der Waals surface area contributed by atoms with Gasteiger partial charge in [-0.1, -0.05) is 24.3 Å². The zero-order valence-electron chi connectivity index (χ0n) is 7.51. The minimum Gasteiger partial charge on any atom is -0.221 e. The molecule has 0 aliphatic carbocycles. The van der Waals surface area contributed by atoms with Crippen LogP contribution in [0.3, 0.4) is 0 Å². The smallest absolute Gasteiger partial charge is 0.0697 e. The molecule has 0 unspecified atom stereocenters. The average Bonchev–Trinajstić information content (AvgIpc) is 2.71. The van der Waals surface area contributed by atoms with Crippen molar-refractivity contribution in [3.8, 4) is 5.69 Å². The van der Waals surface area contributed by atoms with Crippen molar-refractivity contribution >= 4 is 0 Å². The van der Waals surface area contributed by atoms with Crippen molar-refractivity contribution < 1.29 is 0 Å². The molecule has 1 aromatic carbocycles. The molecule has 0 spiro atoms. The molecule has 0 atom stereocenters. The Bertz CT molecular complexity index is 379. The van der Waals surface area contributed by atoms with Gasteiger partial charge in [0.15, 0.2) is 0 Å². The van der Waals surface area contributed by atoms with Crippen molar-refractivity contribution in [2.45, 2.75) is 13.3 Å². The van der Waals surface area contributed by atoms with Crippen molar-refractivity contribution in [2.75, 3.05) is 0 Å². The molecule has 66 valence electrons. The zero-order valence-corrected chi connectivity index (χ0v) is 7.51. The SMILES string of the molecule is CCc1cccc(-n2ccnn2)c1. The first-order chi connectivity index (χ1) is 6.40. The molecule has 3 heteroatoms. The topological polar surface area (TPSA) is 30.7 Å². The average molecular weight is 173 g/mol. The van der Waals surface area contributed by atoms with Crippen LogP contribution in [0.1, 0.15) is 12.5 Å². The van der Waals surface area contributed by atoms with E-state index in [1.807, 2.05) is 18.3 Å². The van der Waals surface area contributed by atoms with E-state index in [9.17, 15) is 0 Å². The molecule has 0 fully saturated rings. The standard InChI is InChI=1S/C10H11N3/c1-2-9-4-3-5-10(8-9)13-7-6-11-12-13/h3-8H,2H2,1H3. The lowest BCUT2D eigenvalue weighted by Gasteiger charge is -2.01. The van der Waals surface area contributed by atoms with Gasteiger partial charge in [0.25, 0.3) is 0 Å². The highest BCUT2D eigenvalue weighted by Gasteiger charge is 1.96. The number of rotatable bonds is 2. The van der Waals surface area contributed by atoms with E-state index in [1.54, 1.807) is 10.9 Å². The molecule has 0 bridgehead atoms. The fourth-order valence-corrected chi connectivity index (χ4v) is 1.26. The molecule has 0 radical (unpaired) electrons. The first kappa shape index (κ1) is 7.98. The van der Waals surface area contributed by atoms with Crippen LogP contribution in [0.5, 0.6) is 0 Å². The minimum absolute atomic E-state index is 1.04. The lowest BCUT2D eigenvalue weighted by Crippen LogP contribution is -1.95. The molecule has 0 aliphatic rings. The summed E-state index contributed by atoms with van der Waals surface area (Å²) in [6.45, 7) is 2.14. The molecule has 0 aliphatic heterocycles. The van der Waals surface area contributed by atoms with Gasteiger partial charge in [0, 0.05) is 0 Å². The predicted octanol–water partition coefficient (Wildman–Crippen LogP) is 1.83. The largest absolute Gasteiger partial charge is 0.221 e. The molecule has 13 heavy (non-hydrogen) atoms. The second-order valence-corrected chi connectivity index (χ2v) is 2.87. The maximum Gasteiger partial charge on any atom is 0.0697 e. The van der Waals surface area contributed by atoms with Crippen LogP contribution in [-0.4, -0.2) is 15.0 Å². The molecule has 0 saturated carbocycles. The van der Waals surface area contributed by atoms with Crippen LogP contribution in [0.4, 0.5) is 0 Å². The van der Waals surface area contributed by atoms with Crippen LogP contribution in [0, 0.1) is 0 Å². The van der Waals surface area contributed by atoms with Crippen LogP contribution < -0.4 is 0 Å². The van der Waals surface area contributed by atoms with E-state index in [-0.39, 0.29) is 0 Å². The zero-order chi connectivity index (χ0) is 9.10. The lowest BCUT2D eigenvalue weighted by atomic mass is 10.1. The summed E-state index contributed by atoms with van der Waals surface area (Å²) in [5.41, 5.74) is 2.38. The van der Waals surface area contributed by atoms with Crippen LogP contribution in [0.2, 0.25) is 0 Å². The van der Waals surface area contributed by atoms with Gasteiger partial charge in [-0.2, -0.15) is 0 Å². The van der Waals surface area contributed by atoms with E-state index in [4.69, 9.17) is 0 Å². The van der Waals surface area contributed by atoms with Gasteiger partial charge in [-0.15, -0.1) is 5.10 Å². The number of aromatic nitrogens is 3. The molecule has 0 saturated heterocycles. The van der Waals surface area contributed by atoms with E-state index >= 15 is 0 Å². The fraction of sp³-hybridized carbons (Fsp3) is 0.200. The molecule has 0 N–H and O–H groups in total. The molecule has 1 heterocycles. The number of benzene rings is 1. The minimum atomic E-state index is 1.04. The highest BCUT2D eigenvalue weighted by atomic mass is 15.4. The molecular weight excluding hydrogens is 162 g/mol. The highest BCUT2D eigenvalue weighted by Crippen LogP contribution is 2.08. The van der Waals surface area contributed by atoms with Gasteiger partial charge in [-0.05, 0) is 24.1 Å². The Morgan fingerprint density at radius 1 is 1.38 bits per heavy atom. The van der Waals surface area contributed by atoms with Crippen LogP contribution >= 0.6 is 0 Å². The van der Waals surface area contributed by atoms with Gasteiger partial charge in [-0.25, -0.2) is 4.68 Å². The number of nitrogens with zero attached hydrogens (tertiary/aromatic N) is 3. The third-order valence-electron chi connectivity index (χ3n) is 2.01. The molecule has 2 aromatic rings. The number of aryl methyl sites for hydroxylation is 1. The maximum atomic E-state index is 3.93. The molecular formula is C10H11N3. The van der Waals surface area contributed by atoms with Crippen molar-refractivity contribution in [3.05, 3.63) is 42.2 Å². The quantitative estimate of drug-likeness (QED) is 0.693. The molecule has 0 amide bonds. The van der Waals surface area contributed by atoms with Gasteiger partial charge in [-0.3, -0.25) is 0 Å². The van der Waals surface area contributed by atoms with Crippen LogP contribution in [0.25, 0.3) is 5.69 Å². The Morgan fingerprint density at radius 2 is 2.31 bits per heavy atom. The van der Waals surface area contributed by atoms with E-state index in [0.717, 1.165) is 12.1 Å². The third kappa shape index (κ3) is 1.59. The van der Waals surface area contributed by atoms with Crippen molar-refractivity contribution in [3.63, 3.8) is 0 Å². The van der Waals surface area contributed by atoms with Gasteiger partial charge >= 0.3 is 0 Å². The summed E-state index contributed by atoms with van der Waals surface area (Å²) in [7, 11) is 0. The summed E-state index contributed by atoms with van der Waals surface area (Å²) in [4.78, 5) is 0. The Morgan fingerprint density at radius 3 is 3.00 bits per heavy atom. The Kier molecular flexibility index (Phi) is 2.08. The van der Waals surface area contributed by atoms with E-state index in [1.165, 1.54) is 5.56 Å². The lowest BCUT2D eigenvalue weighted by molar-refractivity contribution is 0.801. The molecule has 2 rings (SSSR count). The van der Waals surface area contributed by atoms with Gasteiger partial charge in [0.2, 0.25) is 0 Å². The molecule has 3 nitrogen and oxygen atoms in total. The summed E-state index contributed by atoms with van der Waals surface area (Å²) in [6.07, 6.45) is 4.57. The van der Waals surface area contributed by atoms with Gasteiger partial charge in [0.1, 0.15) is 0 Å². The second kappa shape index (κ2) is 3.39. The van der Waals surface area contributed by atoms with Crippen LogP contribution in [-0.2, 0) is 6.42 Å². The van der Waals surface area contributed by atoms with Gasteiger partial charge in [0.05, 0.1) is 18.1 Å². The summed E-state index contributed by atoms with van der Waals surface area (Å²) >= 11 is 0.